The van der Waals surface area contributed by atoms with Gasteiger partial charge in [0.2, 0.25) is 0 Å². The molecule has 0 heterocycles. The van der Waals surface area contributed by atoms with E-state index in [0.29, 0.717) is 5.92 Å². The molecule has 1 aromatic rings. The summed E-state index contributed by atoms with van der Waals surface area (Å²) in [4.78, 5) is 0. The molecule has 0 N–H and O–H groups in total. The van der Waals surface area contributed by atoms with Crippen molar-refractivity contribution in [3.63, 3.8) is 0 Å². The molecule has 0 saturated heterocycles. The molecule has 26 heavy (non-hydrogen) atoms. The van der Waals surface area contributed by atoms with Crippen LogP contribution in [-0.2, 0) is 6.42 Å². The minimum atomic E-state index is 0.663. The van der Waals surface area contributed by atoms with Gasteiger partial charge in [-0.05, 0) is 55.6 Å². The maximum atomic E-state index is 2.34. The van der Waals surface area contributed by atoms with Crippen LogP contribution in [0.5, 0.6) is 0 Å². The topological polar surface area (TPSA) is 0 Å². The van der Waals surface area contributed by atoms with Gasteiger partial charge in [0, 0.05) is 0 Å². The SMILES string of the molecule is C/C=C\c1ccccc1CC1=CC=CCC1CC=CCC.CCC(C)C. The molecule has 142 valence electrons. The zero-order valence-electron chi connectivity index (χ0n) is 17.5. The fourth-order valence-corrected chi connectivity index (χ4v) is 2.86. The van der Waals surface area contributed by atoms with Gasteiger partial charge in [-0.1, -0.05) is 106 Å². The third-order valence-corrected chi connectivity index (χ3v) is 4.83. The highest BCUT2D eigenvalue weighted by molar-refractivity contribution is 5.54. The van der Waals surface area contributed by atoms with Crippen molar-refractivity contribution in [2.24, 2.45) is 11.8 Å². The fourth-order valence-electron chi connectivity index (χ4n) is 2.86. The molecular weight excluding hydrogens is 312 g/mol. The van der Waals surface area contributed by atoms with Crippen LogP contribution in [0.2, 0.25) is 0 Å². The van der Waals surface area contributed by atoms with E-state index in [4.69, 9.17) is 0 Å². The van der Waals surface area contributed by atoms with E-state index in [0.717, 1.165) is 25.2 Å². The smallest absolute Gasteiger partial charge is 0.00550 e. The molecule has 0 saturated carbocycles. The molecule has 0 nitrogen and oxygen atoms in total. The Hall–Kier alpha value is -1.82. The van der Waals surface area contributed by atoms with Crippen LogP contribution in [0.15, 0.2) is 66.3 Å². The van der Waals surface area contributed by atoms with Crippen LogP contribution in [-0.4, -0.2) is 0 Å². The van der Waals surface area contributed by atoms with E-state index < -0.39 is 0 Å². The molecule has 1 atom stereocenters. The van der Waals surface area contributed by atoms with Crippen molar-refractivity contribution in [1.29, 1.82) is 0 Å². The summed E-state index contributed by atoms with van der Waals surface area (Å²) in [6, 6.07) is 8.73. The Balaban J connectivity index is 0.000000597. The molecule has 1 aliphatic carbocycles. The minimum absolute atomic E-state index is 0.663. The second-order valence-corrected chi connectivity index (χ2v) is 7.40. The summed E-state index contributed by atoms with van der Waals surface area (Å²) in [5, 5.41) is 0. The highest BCUT2D eigenvalue weighted by Gasteiger charge is 2.15. The van der Waals surface area contributed by atoms with Crippen LogP contribution in [0.25, 0.3) is 6.08 Å². The van der Waals surface area contributed by atoms with Crippen molar-refractivity contribution in [3.8, 4) is 0 Å². The Labute approximate surface area is 162 Å². The Morgan fingerprint density at radius 2 is 1.85 bits per heavy atom. The first kappa shape index (κ1) is 22.2. The van der Waals surface area contributed by atoms with Gasteiger partial charge < -0.3 is 0 Å². The highest BCUT2D eigenvalue weighted by atomic mass is 14.2. The van der Waals surface area contributed by atoms with Crippen LogP contribution in [0, 0.1) is 11.8 Å². The Morgan fingerprint density at radius 1 is 1.12 bits per heavy atom. The van der Waals surface area contributed by atoms with Gasteiger partial charge in [-0.3, -0.25) is 0 Å². The lowest BCUT2D eigenvalue weighted by Gasteiger charge is -2.21. The molecule has 1 aliphatic rings. The molecule has 0 radical (unpaired) electrons. The summed E-state index contributed by atoms with van der Waals surface area (Å²) in [5.41, 5.74) is 4.34. The van der Waals surface area contributed by atoms with E-state index in [1.54, 1.807) is 5.57 Å². The van der Waals surface area contributed by atoms with Gasteiger partial charge >= 0.3 is 0 Å². The van der Waals surface area contributed by atoms with Crippen molar-refractivity contribution < 1.29 is 0 Å². The zero-order valence-corrected chi connectivity index (χ0v) is 17.5. The lowest BCUT2D eigenvalue weighted by Crippen LogP contribution is -2.08. The van der Waals surface area contributed by atoms with Gasteiger partial charge in [-0.25, -0.2) is 0 Å². The van der Waals surface area contributed by atoms with E-state index in [9.17, 15) is 0 Å². The molecule has 1 aromatic carbocycles. The van der Waals surface area contributed by atoms with Gasteiger partial charge in [0.05, 0.1) is 0 Å². The largest absolute Gasteiger partial charge is 0.0888 e. The van der Waals surface area contributed by atoms with E-state index >= 15 is 0 Å². The summed E-state index contributed by atoms with van der Waals surface area (Å²) in [6.07, 6.45) is 21.6. The van der Waals surface area contributed by atoms with Gasteiger partial charge in [-0.2, -0.15) is 0 Å². The number of rotatable bonds is 7. The molecule has 0 heteroatoms. The minimum Gasteiger partial charge on any atom is -0.0888 e. The van der Waals surface area contributed by atoms with Crippen molar-refractivity contribution in [1.82, 2.24) is 0 Å². The predicted octanol–water partition coefficient (Wildman–Crippen LogP) is 8.17. The maximum absolute atomic E-state index is 2.34. The highest BCUT2D eigenvalue weighted by Crippen LogP contribution is 2.28. The summed E-state index contributed by atoms with van der Waals surface area (Å²) in [7, 11) is 0. The van der Waals surface area contributed by atoms with Crippen LogP contribution < -0.4 is 0 Å². The number of hydrogen-bond donors (Lipinski definition) is 0. The summed E-state index contributed by atoms with van der Waals surface area (Å²) >= 11 is 0. The average Bonchev–Trinajstić information content (AvgIpc) is 2.65. The average molecular weight is 351 g/mol. The van der Waals surface area contributed by atoms with Gasteiger partial charge in [0.1, 0.15) is 0 Å². The molecule has 0 amide bonds. The quantitative estimate of drug-likeness (QED) is 0.435. The third kappa shape index (κ3) is 8.52. The molecule has 0 aliphatic heterocycles. The molecular formula is C26H38. The van der Waals surface area contributed by atoms with Crippen LogP contribution in [0.4, 0.5) is 0 Å². The number of benzene rings is 1. The van der Waals surface area contributed by atoms with E-state index in [-0.39, 0.29) is 0 Å². The first-order valence-electron chi connectivity index (χ1n) is 10.3. The van der Waals surface area contributed by atoms with Crippen LogP contribution in [0.3, 0.4) is 0 Å². The molecule has 0 bridgehead atoms. The Bertz CT molecular complexity index is 611. The van der Waals surface area contributed by atoms with Crippen molar-refractivity contribution in [2.45, 2.75) is 66.7 Å². The standard InChI is InChI=1S/C21H26.C5H12/c1-3-5-6-12-19-14-8-10-16-21(19)17-20-15-9-7-13-18(20)11-4-2;1-4-5(2)3/h4-11,13,15-16,19H,3,12,14,17H2,1-2H3;5H,4H2,1-3H3/b6-5?,11-4-;. The van der Waals surface area contributed by atoms with E-state index in [1.807, 2.05) is 0 Å². The molecule has 0 spiro atoms. The third-order valence-electron chi connectivity index (χ3n) is 4.83. The fraction of sp³-hybridized carbons (Fsp3) is 0.462. The van der Waals surface area contributed by atoms with Crippen molar-refractivity contribution >= 4 is 6.08 Å². The lowest BCUT2D eigenvalue weighted by molar-refractivity contribution is 0.609. The normalized spacial score (nSPS) is 16.8. The Kier molecular flexibility index (Phi) is 11.4. The van der Waals surface area contributed by atoms with Gasteiger partial charge in [-0.15, -0.1) is 0 Å². The summed E-state index contributed by atoms with van der Waals surface area (Å²) < 4.78 is 0. The first-order valence-corrected chi connectivity index (χ1v) is 10.3. The second-order valence-electron chi connectivity index (χ2n) is 7.40. The summed E-state index contributed by atoms with van der Waals surface area (Å²) in [6.45, 7) is 10.9. The maximum Gasteiger partial charge on any atom is -0.00550 e. The molecule has 2 rings (SSSR count). The second kappa shape index (κ2) is 13.4. The summed E-state index contributed by atoms with van der Waals surface area (Å²) in [5.74, 6) is 1.55. The zero-order chi connectivity index (χ0) is 19.2. The van der Waals surface area contributed by atoms with Crippen LogP contribution >= 0.6 is 0 Å². The van der Waals surface area contributed by atoms with Crippen molar-refractivity contribution in [3.05, 3.63) is 77.4 Å². The molecule has 0 aromatic heterocycles. The van der Waals surface area contributed by atoms with Crippen LogP contribution in [0.1, 0.15) is 71.4 Å². The predicted molar refractivity (Wildman–Crippen MR) is 119 cm³/mol. The number of hydrogen-bond acceptors (Lipinski definition) is 0. The number of allylic oxidation sites excluding steroid dienone is 7. The Morgan fingerprint density at radius 3 is 2.50 bits per heavy atom. The van der Waals surface area contributed by atoms with E-state index in [2.05, 4.69) is 101 Å². The van der Waals surface area contributed by atoms with Gasteiger partial charge in [0.15, 0.2) is 0 Å². The monoisotopic (exact) mass is 350 g/mol. The first-order chi connectivity index (χ1) is 12.6. The molecule has 0 fully saturated rings. The van der Waals surface area contributed by atoms with Crippen molar-refractivity contribution in [2.75, 3.05) is 0 Å². The van der Waals surface area contributed by atoms with E-state index in [1.165, 1.54) is 24.0 Å². The van der Waals surface area contributed by atoms with Gasteiger partial charge in [0.25, 0.3) is 0 Å². The lowest BCUT2D eigenvalue weighted by atomic mass is 9.84. The molecule has 1 unspecified atom stereocenters.